The van der Waals surface area contributed by atoms with Crippen LogP contribution in [0.1, 0.15) is 17.2 Å². The van der Waals surface area contributed by atoms with E-state index in [0.29, 0.717) is 42.3 Å². The van der Waals surface area contributed by atoms with Gasteiger partial charge in [0.1, 0.15) is 12.6 Å². The van der Waals surface area contributed by atoms with Gasteiger partial charge < -0.3 is 10.4 Å². The van der Waals surface area contributed by atoms with E-state index in [1.54, 1.807) is 30.0 Å². The van der Waals surface area contributed by atoms with Crippen molar-refractivity contribution in [3.8, 4) is 0 Å². The molecule has 1 aromatic carbocycles. The van der Waals surface area contributed by atoms with Crippen LogP contribution in [0.4, 0.5) is 8.78 Å². The molecule has 0 radical (unpaired) electrons. The first-order valence-electron chi connectivity index (χ1n) is 6.66. The SMILES string of the molecule is Cc1cccc(Cl)c1[C@@H](N1CCNCC1)C(F)(F)CO. The lowest BCUT2D eigenvalue weighted by Gasteiger charge is -2.39. The zero-order valence-corrected chi connectivity index (χ0v) is 12.1. The second-order valence-corrected chi connectivity index (χ2v) is 5.49. The molecule has 3 nitrogen and oxygen atoms in total. The van der Waals surface area contributed by atoms with Gasteiger partial charge in [-0.05, 0) is 24.1 Å². The molecule has 20 heavy (non-hydrogen) atoms. The molecule has 0 spiro atoms. The summed E-state index contributed by atoms with van der Waals surface area (Å²) in [5.74, 6) is -3.23. The molecule has 0 unspecified atom stereocenters. The van der Waals surface area contributed by atoms with Gasteiger partial charge in [-0.2, -0.15) is 0 Å². The van der Waals surface area contributed by atoms with Crippen LogP contribution in [0.3, 0.4) is 0 Å². The number of hydrogen-bond acceptors (Lipinski definition) is 3. The van der Waals surface area contributed by atoms with E-state index >= 15 is 0 Å². The molecular weight excluding hydrogens is 286 g/mol. The van der Waals surface area contributed by atoms with Crippen molar-refractivity contribution >= 4 is 11.6 Å². The molecule has 2 rings (SSSR count). The lowest BCUT2D eigenvalue weighted by Crippen LogP contribution is -2.51. The molecule has 2 N–H and O–H groups in total. The van der Waals surface area contributed by atoms with E-state index in [0.717, 1.165) is 0 Å². The van der Waals surface area contributed by atoms with Gasteiger partial charge in [0.2, 0.25) is 0 Å². The van der Waals surface area contributed by atoms with Gasteiger partial charge in [-0.25, -0.2) is 8.78 Å². The molecule has 112 valence electrons. The van der Waals surface area contributed by atoms with Crippen LogP contribution in [0.2, 0.25) is 5.02 Å². The molecule has 0 amide bonds. The fourth-order valence-electron chi connectivity index (χ4n) is 2.68. The topological polar surface area (TPSA) is 35.5 Å². The number of alkyl halides is 2. The monoisotopic (exact) mass is 304 g/mol. The predicted molar refractivity (Wildman–Crippen MR) is 75.4 cm³/mol. The highest BCUT2D eigenvalue weighted by Gasteiger charge is 2.45. The van der Waals surface area contributed by atoms with Crippen molar-refractivity contribution in [2.75, 3.05) is 32.8 Å². The van der Waals surface area contributed by atoms with Gasteiger partial charge in [0.05, 0.1) is 0 Å². The van der Waals surface area contributed by atoms with Crippen LogP contribution in [0.5, 0.6) is 0 Å². The Balaban J connectivity index is 2.45. The Morgan fingerprint density at radius 1 is 1.40 bits per heavy atom. The summed E-state index contributed by atoms with van der Waals surface area (Å²) < 4.78 is 28.6. The van der Waals surface area contributed by atoms with E-state index in [1.165, 1.54) is 0 Å². The summed E-state index contributed by atoms with van der Waals surface area (Å²) in [5.41, 5.74) is 1.13. The molecule has 1 atom stereocenters. The smallest absolute Gasteiger partial charge is 0.289 e. The number of nitrogens with zero attached hydrogens (tertiary/aromatic N) is 1. The van der Waals surface area contributed by atoms with E-state index in [1.807, 2.05) is 0 Å². The normalized spacial score (nSPS) is 19.1. The number of aliphatic hydroxyl groups is 1. The maximum Gasteiger partial charge on any atom is 0.289 e. The maximum absolute atomic E-state index is 14.3. The first-order chi connectivity index (χ1) is 9.47. The first kappa shape index (κ1) is 15.6. The van der Waals surface area contributed by atoms with Crippen LogP contribution in [0, 0.1) is 6.92 Å². The van der Waals surface area contributed by atoms with Gasteiger partial charge in [-0.1, -0.05) is 23.7 Å². The Morgan fingerprint density at radius 2 is 2.05 bits per heavy atom. The Morgan fingerprint density at radius 3 is 2.60 bits per heavy atom. The van der Waals surface area contributed by atoms with E-state index in [2.05, 4.69) is 5.32 Å². The van der Waals surface area contributed by atoms with Gasteiger partial charge >= 0.3 is 0 Å². The molecule has 1 saturated heterocycles. The highest BCUT2D eigenvalue weighted by molar-refractivity contribution is 6.31. The van der Waals surface area contributed by atoms with E-state index in [9.17, 15) is 8.78 Å². The van der Waals surface area contributed by atoms with Crippen molar-refractivity contribution in [3.63, 3.8) is 0 Å². The number of rotatable bonds is 4. The molecule has 0 saturated carbocycles. The summed E-state index contributed by atoms with van der Waals surface area (Å²) in [6.07, 6.45) is 0. The summed E-state index contributed by atoms with van der Waals surface area (Å²) in [7, 11) is 0. The Kier molecular flexibility index (Phi) is 4.96. The molecule has 0 bridgehead atoms. The number of piperazine rings is 1. The molecule has 1 aromatic rings. The minimum absolute atomic E-state index is 0.321. The molecular formula is C14H19ClF2N2O. The van der Waals surface area contributed by atoms with Crippen molar-refractivity contribution < 1.29 is 13.9 Å². The second kappa shape index (κ2) is 6.35. The van der Waals surface area contributed by atoms with Crippen LogP contribution in [0.15, 0.2) is 18.2 Å². The largest absolute Gasteiger partial charge is 0.390 e. The van der Waals surface area contributed by atoms with E-state index in [4.69, 9.17) is 16.7 Å². The summed E-state index contributed by atoms with van der Waals surface area (Å²) >= 11 is 6.15. The predicted octanol–water partition coefficient (Wildman–Crippen LogP) is 2.22. The van der Waals surface area contributed by atoms with Crippen LogP contribution in [0.25, 0.3) is 0 Å². The number of benzene rings is 1. The van der Waals surface area contributed by atoms with Gasteiger partial charge in [0.15, 0.2) is 0 Å². The zero-order valence-electron chi connectivity index (χ0n) is 11.4. The van der Waals surface area contributed by atoms with E-state index in [-0.39, 0.29) is 0 Å². The van der Waals surface area contributed by atoms with Crippen LogP contribution in [-0.4, -0.2) is 48.7 Å². The van der Waals surface area contributed by atoms with Crippen molar-refractivity contribution in [1.29, 1.82) is 0 Å². The lowest BCUT2D eigenvalue weighted by atomic mass is 9.94. The van der Waals surface area contributed by atoms with Crippen LogP contribution < -0.4 is 5.32 Å². The molecule has 1 aliphatic heterocycles. The van der Waals surface area contributed by atoms with E-state index < -0.39 is 18.6 Å². The maximum atomic E-state index is 14.3. The average Bonchev–Trinajstić information content (AvgIpc) is 2.43. The van der Waals surface area contributed by atoms with Gasteiger partial charge in [0, 0.05) is 31.2 Å². The Labute approximate surface area is 122 Å². The molecule has 1 fully saturated rings. The van der Waals surface area contributed by atoms with Crippen LogP contribution in [-0.2, 0) is 0 Å². The first-order valence-corrected chi connectivity index (χ1v) is 7.03. The number of hydrogen-bond donors (Lipinski definition) is 2. The zero-order chi connectivity index (χ0) is 14.8. The number of aliphatic hydroxyl groups excluding tert-OH is 1. The van der Waals surface area contributed by atoms with Crippen molar-refractivity contribution in [1.82, 2.24) is 10.2 Å². The fraction of sp³-hybridized carbons (Fsp3) is 0.571. The third kappa shape index (κ3) is 3.11. The minimum atomic E-state index is -3.23. The quantitative estimate of drug-likeness (QED) is 0.895. The number of aryl methyl sites for hydroxylation is 1. The van der Waals surface area contributed by atoms with Gasteiger partial charge in [0.25, 0.3) is 5.92 Å². The molecule has 0 aromatic heterocycles. The molecule has 1 aliphatic rings. The summed E-state index contributed by atoms with van der Waals surface area (Å²) in [4.78, 5) is 1.70. The molecule has 6 heteroatoms. The molecule has 1 heterocycles. The van der Waals surface area contributed by atoms with Gasteiger partial charge in [-0.15, -0.1) is 0 Å². The van der Waals surface area contributed by atoms with Gasteiger partial charge in [-0.3, -0.25) is 4.90 Å². The minimum Gasteiger partial charge on any atom is -0.390 e. The number of halogens is 3. The second-order valence-electron chi connectivity index (χ2n) is 5.08. The Hall–Kier alpha value is -0.750. The standard InChI is InChI=1S/C14H19ClF2N2O/c1-10-3-2-4-11(15)12(10)13(14(16,17)9-20)19-7-5-18-6-8-19/h2-4,13,18,20H,5-9H2,1H3/t13-/m1/s1. The summed E-state index contributed by atoms with van der Waals surface area (Å²) in [6, 6.07) is 3.94. The average molecular weight is 305 g/mol. The lowest BCUT2D eigenvalue weighted by molar-refractivity contribution is -0.118. The fourth-order valence-corrected chi connectivity index (χ4v) is 3.00. The Bertz CT molecular complexity index is 444. The van der Waals surface area contributed by atoms with Crippen LogP contribution >= 0.6 is 11.6 Å². The number of nitrogens with one attached hydrogen (secondary N) is 1. The molecule has 0 aliphatic carbocycles. The highest BCUT2D eigenvalue weighted by Crippen LogP contribution is 2.40. The van der Waals surface area contributed by atoms with Crippen molar-refractivity contribution in [2.45, 2.75) is 18.9 Å². The highest BCUT2D eigenvalue weighted by atomic mass is 35.5. The van der Waals surface area contributed by atoms with Crippen molar-refractivity contribution in [3.05, 3.63) is 34.3 Å². The third-order valence-electron chi connectivity index (χ3n) is 3.67. The third-order valence-corrected chi connectivity index (χ3v) is 4.00. The van der Waals surface area contributed by atoms with Crippen molar-refractivity contribution in [2.24, 2.45) is 0 Å². The summed E-state index contributed by atoms with van der Waals surface area (Å²) in [5, 5.41) is 12.6. The summed E-state index contributed by atoms with van der Waals surface area (Å²) in [6.45, 7) is 2.90.